The number of carbonyl (C=O) groups is 1. The minimum Gasteiger partial charge on any atom is -0.461 e. The lowest BCUT2D eigenvalue weighted by atomic mass is 10.2. The summed E-state index contributed by atoms with van der Waals surface area (Å²) >= 11 is 0. The topological polar surface area (TPSA) is 30.2 Å². The van der Waals surface area contributed by atoms with Crippen molar-refractivity contribution in [2.24, 2.45) is 0 Å². The molecule has 1 aromatic rings. The summed E-state index contributed by atoms with van der Waals surface area (Å²) in [5, 5.41) is 0. The maximum Gasteiger partial charge on any atom is 0.203 e. The molecular weight excluding hydrogens is 166 g/mol. The third-order valence-corrected chi connectivity index (χ3v) is 1.81. The molecule has 0 amide bonds. The summed E-state index contributed by atoms with van der Waals surface area (Å²) in [5.41, 5.74) is 0. The van der Waals surface area contributed by atoms with Gasteiger partial charge < -0.3 is 8.90 Å². The van der Waals surface area contributed by atoms with Crippen molar-refractivity contribution in [1.82, 2.24) is 0 Å². The Morgan fingerprint density at radius 2 is 2.15 bits per heavy atom. The molecule has 1 aromatic heterocycles. The average molecular weight is 182 g/mol. The monoisotopic (exact) mass is 182 g/mol. The second-order valence-electron chi connectivity index (χ2n) is 4.16. The zero-order valence-corrected chi connectivity index (χ0v) is 8.41. The van der Waals surface area contributed by atoms with Crippen LogP contribution in [0.25, 0.3) is 0 Å². The minimum atomic E-state index is 0.0815. The number of hydrogen-bond donors (Lipinski definition) is 0. The Balaban J connectivity index is 2.44. The highest BCUT2D eigenvalue weighted by molar-refractivity contribution is 5.93. The molecule has 72 valence electrons. The van der Waals surface area contributed by atoms with Gasteiger partial charge in [-0.05, 0) is 12.1 Å². The molecule has 0 N–H and O–H groups in total. The van der Waals surface area contributed by atoms with Gasteiger partial charge in [-0.2, -0.15) is 0 Å². The summed E-state index contributed by atoms with van der Waals surface area (Å²) in [6.45, 7) is 0.833. The van der Waals surface area contributed by atoms with Gasteiger partial charge in [0.2, 0.25) is 5.78 Å². The Bertz CT molecular complexity index is 270. The number of carbonyl (C=O) groups excluding carboxylic acids is 1. The van der Waals surface area contributed by atoms with Gasteiger partial charge in [-0.3, -0.25) is 4.79 Å². The van der Waals surface area contributed by atoms with E-state index >= 15 is 0 Å². The van der Waals surface area contributed by atoms with E-state index in [1.54, 1.807) is 12.1 Å². The van der Waals surface area contributed by atoms with E-state index in [1.807, 2.05) is 0 Å². The van der Waals surface area contributed by atoms with Crippen LogP contribution < -0.4 is 0 Å². The summed E-state index contributed by atoms with van der Waals surface area (Å²) in [4.78, 5) is 11.4. The fraction of sp³-hybridized carbons (Fsp3) is 0.500. The predicted molar refractivity (Wildman–Crippen MR) is 50.6 cm³/mol. The van der Waals surface area contributed by atoms with E-state index < -0.39 is 0 Å². The van der Waals surface area contributed by atoms with Crippen LogP contribution in [0.5, 0.6) is 0 Å². The third-order valence-electron chi connectivity index (χ3n) is 1.81. The fourth-order valence-corrected chi connectivity index (χ4v) is 0.997. The molecule has 3 nitrogen and oxygen atoms in total. The number of rotatable bonds is 4. The first-order valence-electron chi connectivity index (χ1n) is 4.36. The fourth-order valence-electron chi connectivity index (χ4n) is 0.997. The number of ketones is 1. The number of hydrogen-bond acceptors (Lipinski definition) is 2. The lowest BCUT2D eigenvalue weighted by Gasteiger charge is -2.22. The second kappa shape index (κ2) is 3.75. The molecule has 0 aromatic carbocycles. The minimum absolute atomic E-state index is 0.0815. The molecule has 0 spiro atoms. The van der Waals surface area contributed by atoms with Crippen molar-refractivity contribution in [2.45, 2.75) is 6.42 Å². The standard InChI is InChI=1S/C10H16NO2/c1-11(2,3)7-6-9(12)10-5-4-8-13-10/h4-5,8H,6-7H2,1-3H3/q+1. The average Bonchev–Trinajstić information content (AvgIpc) is 2.50. The van der Waals surface area contributed by atoms with E-state index in [0.717, 1.165) is 11.0 Å². The number of furan rings is 1. The normalized spacial score (nSPS) is 11.6. The van der Waals surface area contributed by atoms with Crippen molar-refractivity contribution < 1.29 is 13.7 Å². The molecule has 0 saturated carbocycles. The van der Waals surface area contributed by atoms with Crippen molar-refractivity contribution in [3.8, 4) is 0 Å². The number of nitrogens with zero attached hydrogens (tertiary/aromatic N) is 1. The largest absolute Gasteiger partial charge is 0.461 e. The maximum atomic E-state index is 11.4. The summed E-state index contributed by atoms with van der Waals surface area (Å²) in [7, 11) is 6.19. The van der Waals surface area contributed by atoms with Crippen LogP contribution in [0, 0.1) is 0 Å². The highest BCUT2D eigenvalue weighted by atomic mass is 16.3. The first kappa shape index (κ1) is 9.99. The summed E-state index contributed by atoms with van der Waals surface area (Å²) in [6, 6.07) is 3.44. The first-order valence-corrected chi connectivity index (χ1v) is 4.36. The van der Waals surface area contributed by atoms with E-state index in [4.69, 9.17) is 4.42 Å². The van der Waals surface area contributed by atoms with Gasteiger partial charge in [0.25, 0.3) is 0 Å². The smallest absolute Gasteiger partial charge is 0.203 e. The van der Waals surface area contributed by atoms with E-state index in [2.05, 4.69) is 21.1 Å². The van der Waals surface area contributed by atoms with Gasteiger partial charge in [0.1, 0.15) is 0 Å². The predicted octanol–water partition coefficient (Wildman–Crippen LogP) is 1.56. The van der Waals surface area contributed by atoms with Gasteiger partial charge in [0, 0.05) is 0 Å². The molecule has 0 radical (unpaired) electrons. The van der Waals surface area contributed by atoms with Gasteiger partial charge in [-0.15, -0.1) is 0 Å². The molecule has 0 saturated heterocycles. The van der Waals surface area contributed by atoms with Crippen LogP contribution in [0.3, 0.4) is 0 Å². The zero-order chi connectivity index (χ0) is 9.90. The van der Waals surface area contributed by atoms with Crippen molar-refractivity contribution in [2.75, 3.05) is 27.7 Å². The quantitative estimate of drug-likeness (QED) is 0.522. The van der Waals surface area contributed by atoms with Crippen molar-refractivity contribution >= 4 is 5.78 Å². The highest BCUT2D eigenvalue weighted by Gasteiger charge is 2.14. The molecule has 0 fully saturated rings. The van der Waals surface area contributed by atoms with E-state index in [-0.39, 0.29) is 5.78 Å². The Morgan fingerprint density at radius 1 is 1.46 bits per heavy atom. The van der Waals surface area contributed by atoms with Crippen LogP contribution in [-0.2, 0) is 0 Å². The van der Waals surface area contributed by atoms with Crippen LogP contribution >= 0.6 is 0 Å². The van der Waals surface area contributed by atoms with E-state index in [1.165, 1.54) is 6.26 Å². The van der Waals surface area contributed by atoms with Crippen molar-refractivity contribution in [3.05, 3.63) is 24.2 Å². The van der Waals surface area contributed by atoms with Gasteiger partial charge >= 0.3 is 0 Å². The molecule has 0 aliphatic carbocycles. The molecule has 0 bridgehead atoms. The number of quaternary nitrogens is 1. The zero-order valence-electron chi connectivity index (χ0n) is 8.41. The van der Waals surface area contributed by atoms with Crippen LogP contribution in [0.1, 0.15) is 17.0 Å². The Morgan fingerprint density at radius 3 is 2.62 bits per heavy atom. The maximum absolute atomic E-state index is 11.4. The van der Waals surface area contributed by atoms with Gasteiger partial charge in [0.05, 0.1) is 40.4 Å². The van der Waals surface area contributed by atoms with Crippen molar-refractivity contribution in [3.63, 3.8) is 0 Å². The number of Topliss-reactive ketones (excluding diaryl/α,β-unsaturated/α-hetero) is 1. The summed E-state index contributed by atoms with van der Waals surface area (Å²) < 4.78 is 5.80. The molecule has 0 atom stereocenters. The lowest BCUT2D eigenvalue weighted by Crippen LogP contribution is -2.36. The molecule has 13 heavy (non-hydrogen) atoms. The third kappa shape index (κ3) is 3.42. The molecule has 1 rings (SSSR count). The Kier molecular flexibility index (Phi) is 2.88. The molecule has 0 aliphatic heterocycles. The van der Waals surface area contributed by atoms with E-state index in [9.17, 15) is 4.79 Å². The van der Waals surface area contributed by atoms with Crippen LogP contribution in [0.4, 0.5) is 0 Å². The second-order valence-corrected chi connectivity index (χ2v) is 4.16. The van der Waals surface area contributed by atoms with Crippen LogP contribution in [0.15, 0.2) is 22.8 Å². The van der Waals surface area contributed by atoms with Gasteiger partial charge in [0.15, 0.2) is 5.76 Å². The van der Waals surface area contributed by atoms with Gasteiger partial charge in [-0.1, -0.05) is 0 Å². The Labute approximate surface area is 78.5 Å². The Hall–Kier alpha value is -1.09. The molecule has 0 unspecified atom stereocenters. The van der Waals surface area contributed by atoms with Crippen LogP contribution in [0.2, 0.25) is 0 Å². The van der Waals surface area contributed by atoms with Crippen molar-refractivity contribution in [1.29, 1.82) is 0 Å². The summed E-state index contributed by atoms with van der Waals surface area (Å²) in [5.74, 6) is 0.548. The molecule has 3 heteroatoms. The van der Waals surface area contributed by atoms with Gasteiger partial charge in [-0.25, -0.2) is 0 Å². The molecular formula is C10H16NO2+. The van der Waals surface area contributed by atoms with Crippen LogP contribution in [-0.4, -0.2) is 38.0 Å². The first-order chi connectivity index (χ1) is 5.99. The molecule has 0 aliphatic rings. The summed E-state index contributed by atoms with van der Waals surface area (Å²) in [6.07, 6.45) is 2.07. The molecule has 1 heterocycles. The SMILES string of the molecule is C[N+](C)(C)CCC(=O)c1ccco1. The van der Waals surface area contributed by atoms with E-state index in [0.29, 0.717) is 12.2 Å². The highest BCUT2D eigenvalue weighted by Crippen LogP contribution is 2.05. The lowest BCUT2D eigenvalue weighted by molar-refractivity contribution is -0.869.